The van der Waals surface area contributed by atoms with Crippen LogP contribution in [0, 0.1) is 5.92 Å². The molecule has 3 aromatic rings. The molecule has 1 aliphatic heterocycles. The van der Waals surface area contributed by atoms with Crippen LogP contribution in [0.2, 0.25) is 0 Å². The third-order valence-electron chi connectivity index (χ3n) is 5.99. The number of benzene rings is 1. The summed E-state index contributed by atoms with van der Waals surface area (Å²) in [6.07, 6.45) is 3.32. The summed E-state index contributed by atoms with van der Waals surface area (Å²) in [5.41, 5.74) is 8.25. The molecule has 1 aromatic carbocycles. The van der Waals surface area contributed by atoms with E-state index in [0.29, 0.717) is 0 Å². The van der Waals surface area contributed by atoms with Crippen LogP contribution >= 0.6 is 0 Å². The number of hydrogen-bond acceptors (Lipinski definition) is 6. The number of primary amides is 1. The van der Waals surface area contributed by atoms with Gasteiger partial charge in [-0.25, -0.2) is 13.5 Å². The molecule has 4 rings (SSSR count). The minimum atomic E-state index is -1.19. The number of piperidine rings is 1. The number of hydrogen-bond donors (Lipinski definition) is 2. The lowest BCUT2D eigenvalue weighted by Gasteiger charge is -2.31. The number of amides is 1. The van der Waals surface area contributed by atoms with Gasteiger partial charge in [0.1, 0.15) is 22.6 Å². The first-order valence-corrected chi connectivity index (χ1v) is 13.2. The zero-order chi connectivity index (χ0) is 25.7. The SMILES string of the molecule is CC.CC(C)c1cnn2c(Nc3ccc(S(=O)N(C)C)cc3)cc(N3CCC(C(N)=O)CC3)nc12. The first-order valence-electron chi connectivity index (χ1n) is 12.1. The molecule has 1 saturated heterocycles. The van der Waals surface area contributed by atoms with Crippen molar-refractivity contribution in [1.82, 2.24) is 18.9 Å². The van der Waals surface area contributed by atoms with Crippen molar-refractivity contribution >= 4 is 39.9 Å². The lowest BCUT2D eigenvalue weighted by Crippen LogP contribution is -2.39. The van der Waals surface area contributed by atoms with Gasteiger partial charge in [0.2, 0.25) is 5.91 Å². The quantitative estimate of drug-likeness (QED) is 0.510. The fourth-order valence-electron chi connectivity index (χ4n) is 4.03. The van der Waals surface area contributed by atoms with Gasteiger partial charge in [-0.05, 0) is 57.1 Å². The average molecular weight is 500 g/mol. The minimum absolute atomic E-state index is 0.0741. The maximum Gasteiger partial charge on any atom is 0.220 e. The predicted molar refractivity (Wildman–Crippen MR) is 142 cm³/mol. The molecule has 190 valence electrons. The van der Waals surface area contributed by atoms with Crippen molar-refractivity contribution in [1.29, 1.82) is 0 Å². The molecule has 1 amide bonds. The van der Waals surface area contributed by atoms with Crippen molar-refractivity contribution in [3.63, 3.8) is 0 Å². The highest BCUT2D eigenvalue weighted by molar-refractivity contribution is 7.82. The summed E-state index contributed by atoms with van der Waals surface area (Å²) in [4.78, 5) is 19.4. The summed E-state index contributed by atoms with van der Waals surface area (Å²) in [6.45, 7) is 9.71. The Morgan fingerprint density at radius 3 is 2.34 bits per heavy atom. The number of carbonyl (C=O) groups is 1. The van der Waals surface area contributed by atoms with Crippen molar-refractivity contribution in [2.75, 3.05) is 37.4 Å². The van der Waals surface area contributed by atoms with Gasteiger partial charge in [0.25, 0.3) is 0 Å². The predicted octanol–water partition coefficient (Wildman–Crippen LogP) is 3.91. The monoisotopic (exact) mass is 499 g/mol. The zero-order valence-electron chi connectivity index (χ0n) is 21.5. The lowest BCUT2D eigenvalue weighted by molar-refractivity contribution is -0.122. The molecule has 0 saturated carbocycles. The average Bonchev–Trinajstić information content (AvgIpc) is 3.30. The van der Waals surface area contributed by atoms with Gasteiger partial charge in [-0.15, -0.1) is 0 Å². The third kappa shape index (κ3) is 5.99. The van der Waals surface area contributed by atoms with E-state index in [-0.39, 0.29) is 17.7 Å². The van der Waals surface area contributed by atoms with Crippen LogP contribution in [0.4, 0.5) is 17.3 Å². The topological polar surface area (TPSA) is 109 Å². The smallest absolute Gasteiger partial charge is 0.220 e. The van der Waals surface area contributed by atoms with Crippen LogP contribution in [0.15, 0.2) is 41.4 Å². The summed E-state index contributed by atoms with van der Waals surface area (Å²) in [7, 11) is 2.38. The molecular formula is C25H37N7O2S. The molecule has 1 unspecified atom stereocenters. The summed E-state index contributed by atoms with van der Waals surface area (Å²) in [5, 5.41) is 8.03. The van der Waals surface area contributed by atoms with E-state index in [1.807, 2.05) is 54.9 Å². The maximum atomic E-state index is 12.3. The fraction of sp³-hybridized carbons (Fsp3) is 0.480. The molecule has 3 N–H and O–H groups in total. The van der Waals surface area contributed by atoms with Crippen molar-refractivity contribution in [2.24, 2.45) is 11.7 Å². The Hall–Kier alpha value is -2.98. The second kappa shape index (κ2) is 11.6. The summed E-state index contributed by atoms with van der Waals surface area (Å²) < 4.78 is 15.8. The molecule has 1 fully saturated rings. The Morgan fingerprint density at radius 2 is 1.80 bits per heavy atom. The van der Waals surface area contributed by atoms with Crippen LogP contribution in [0.1, 0.15) is 52.0 Å². The first kappa shape index (κ1) is 26.6. The number of nitrogens with two attached hydrogens (primary N) is 1. The van der Waals surface area contributed by atoms with Gasteiger partial charge in [0.15, 0.2) is 5.65 Å². The van der Waals surface area contributed by atoms with E-state index in [9.17, 15) is 9.00 Å². The molecule has 9 nitrogen and oxygen atoms in total. The molecule has 0 aliphatic carbocycles. The van der Waals surface area contributed by atoms with Gasteiger partial charge in [0, 0.05) is 36.3 Å². The normalized spacial score (nSPS) is 15.3. The van der Waals surface area contributed by atoms with Gasteiger partial charge in [-0.3, -0.25) is 4.79 Å². The Balaban J connectivity index is 0.00000167. The Labute approximate surface area is 210 Å². The molecule has 10 heteroatoms. The zero-order valence-corrected chi connectivity index (χ0v) is 22.3. The molecule has 2 aromatic heterocycles. The van der Waals surface area contributed by atoms with Crippen molar-refractivity contribution in [2.45, 2.75) is 51.3 Å². The minimum Gasteiger partial charge on any atom is -0.369 e. The molecule has 1 aliphatic rings. The van der Waals surface area contributed by atoms with Gasteiger partial charge in [-0.2, -0.15) is 9.61 Å². The van der Waals surface area contributed by atoms with Gasteiger partial charge < -0.3 is 16.0 Å². The molecular weight excluding hydrogens is 462 g/mol. The summed E-state index contributed by atoms with van der Waals surface area (Å²) >= 11 is 0. The Kier molecular flexibility index (Phi) is 8.85. The van der Waals surface area contributed by atoms with Crippen LogP contribution < -0.4 is 16.0 Å². The number of aromatic nitrogens is 3. The summed E-state index contributed by atoms with van der Waals surface area (Å²) in [5.74, 6) is 1.62. The van der Waals surface area contributed by atoms with E-state index in [0.717, 1.165) is 59.4 Å². The Morgan fingerprint density at radius 1 is 1.17 bits per heavy atom. The van der Waals surface area contributed by atoms with Crippen LogP contribution in [0.5, 0.6) is 0 Å². The second-order valence-electron chi connectivity index (χ2n) is 8.86. The second-order valence-corrected chi connectivity index (χ2v) is 10.6. The molecule has 0 spiro atoms. The van der Waals surface area contributed by atoms with E-state index in [1.54, 1.807) is 18.4 Å². The number of carbonyl (C=O) groups excluding carboxylic acids is 1. The van der Waals surface area contributed by atoms with E-state index in [4.69, 9.17) is 10.7 Å². The van der Waals surface area contributed by atoms with Crippen LogP contribution in [-0.4, -0.2) is 56.2 Å². The standard InChI is InChI=1S/C23H31N7O2S.C2H6/c1-15(2)19-14-25-30-21(26-17-5-7-18(8-6-17)33(32)28(3)4)13-20(27-23(19)30)29-11-9-16(10-12-29)22(24)31;1-2/h5-8,13-16,26H,9-12H2,1-4H3,(H2,24,31);1-2H3. The molecule has 3 heterocycles. The van der Waals surface area contributed by atoms with Crippen molar-refractivity contribution < 1.29 is 9.00 Å². The highest BCUT2D eigenvalue weighted by Gasteiger charge is 2.25. The lowest BCUT2D eigenvalue weighted by atomic mass is 9.96. The maximum absolute atomic E-state index is 12.3. The molecule has 35 heavy (non-hydrogen) atoms. The van der Waals surface area contributed by atoms with E-state index in [2.05, 4.69) is 29.2 Å². The van der Waals surface area contributed by atoms with E-state index < -0.39 is 11.0 Å². The van der Waals surface area contributed by atoms with Crippen molar-refractivity contribution in [3.05, 3.63) is 42.1 Å². The van der Waals surface area contributed by atoms with Gasteiger partial charge >= 0.3 is 0 Å². The molecule has 0 radical (unpaired) electrons. The highest BCUT2D eigenvalue weighted by Crippen LogP contribution is 2.29. The van der Waals surface area contributed by atoms with Crippen molar-refractivity contribution in [3.8, 4) is 0 Å². The van der Waals surface area contributed by atoms with E-state index in [1.165, 1.54) is 0 Å². The molecule has 0 bridgehead atoms. The third-order valence-corrected chi connectivity index (χ3v) is 7.33. The number of fused-ring (bicyclic) bond motifs is 1. The first-order chi connectivity index (χ1) is 16.7. The van der Waals surface area contributed by atoms with E-state index >= 15 is 0 Å². The van der Waals surface area contributed by atoms with Gasteiger partial charge in [-0.1, -0.05) is 27.7 Å². The van der Waals surface area contributed by atoms with Gasteiger partial charge in [0.05, 0.1) is 11.1 Å². The summed E-state index contributed by atoms with van der Waals surface area (Å²) in [6, 6.07) is 9.52. The van der Waals surface area contributed by atoms with Crippen LogP contribution in [-0.2, 0) is 15.8 Å². The molecule has 1 atom stereocenters. The number of anilines is 3. The van der Waals surface area contributed by atoms with Crippen LogP contribution in [0.25, 0.3) is 5.65 Å². The fourth-order valence-corrected chi connectivity index (χ4v) is 4.82. The largest absolute Gasteiger partial charge is 0.369 e. The Bertz CT molecular complexity index is 1170. The number of nitrogens with one attached hydrogen (secondary N) is 1. The number of nitrogens with zero attached hydrogens (tertiary/aromatic N) is 5. The highest BCUT2D eigenvalue weighted by atomic mass is 32.2. The number of rotatable bonds is 7. The van der Waals surface area contributed by atoms with Crippen LogP contribution in [0.3, 0.4) is 0 Å².